The van der Waals surface area contributed by atoms with Gasteiger partial charge in [-0.3, -0.25) is 30.6 Å². The van der Waals surface area contributed by atoms with Crippen LogP contribution in [-0.4, -0.2) is 22.8 Å². The number of hydrogen-bond acceptors (Lipinski definition) is 4. The van der Waals surface area contributed by atoms with Gasteiger partial charge in [0, 0.05) is 21.3 Å². The van der Waals surface area contributed by atoms with Crippen molar-refractivity contribution in [1.29, 1.82) is 0 Å². The molecule has 3 aromatic carbocycles. The molecule has 3 rings (SSSR count). The molecule has 0 unspecified atom stereocenters. The summed E-state index contributed by atoms with van der Waals surface area (Å²) in [6.07, 6.45) is 0. The summed E-state index contributed by atoms with van der Waals surface area (Å²) in [6.45, 7) is 1.91. The van der Waals surface area contributed by atoms with Crippen molar-refractivity contribution in [1.82, 2.24) is 16.2 Å². The van der Waals surface area contributed by atoms with Crippen molar-refractivity contribution >= 4 is 56.7 Å². The molecule has 0 radical (unpaired) electrons. The summed E-state index contributed by atoms with van der Waals surface area (Å²) in [5.41, 5.74) is 7.75. The van der Waals surface area contributed by atoms with E-state index in [4.69, 9.17) is 12.2 Å². The van der Waals surface area contributed by atoms with E-state index >= 15 is 0 Å². The SMILES string of the molecule is Cc1cccc(C(=O)Nc2ccc(C(=O)NNC(=S)NC(=O)c3ccccc3Br)cc2)c1. The lowest BCUT2D eigenvalue weighted by molar-refractivity contribution is 0.0934. The Labute approximate surface area is 198 Å². The smallest absolute Gasteiger partial charge is 0.269 e. The van der Waals surface area contributed by atoms with Crippen LogP contribution >= 0.6 is 28.1 Å². The zero-order valence-corrected chi connectivity index (χ0v) is 19.3. The molecule has 0 heterocycles. The fourth-order valence-corrected chi connectivity index (χ4v) is 3.34. The second-order valence-corrected chi connectivity index (χ2v) is 8.01. The molecule has 9 heteroatoms. The molecule has 32 heavy (non-hydrogen) atoms. The van der Waals surface area contributed by atoms with Gasteiger partial charge in [0.2, 0.25) is 0 Å². The maximum absolute atomic E-state index is 12.3. The van der Waals surface area contributed by atoms with Gasteiger partial charge in [-0.2, -0.15) is 0 Å². The number of hydrazine groups is 1. The fraction of sp³-hybridized carbons (Fsp3) is 0.0435. The average Bonchev–Trinajstić information content (AvgIpc) is 2.78. The van der Waals surface area contributed by atoms with Crippen molar-refractivity contribution in [2.45, 2.75) is 6.92 Å². The van der Waals surface area contributed by atoms with Crippen LogP contribution in [0.4, 0.5) is 5.69 Å². The molecule has 0 aromatic heterocycles. The molecule has 4 N–H and O–H groups in total. The largest absolute Gasteiger partial charge is 0.322 e. The molecule has 0 aliphatic rings. The van der Waals surface area contributed by atoms with Gasteiger partial charge in [-0.1, -0.05) is 29.8 Å². The number of aryl methyl sites for hydroxylation is 1. The second-order valence-electron chi connectivity index (χ2n) is 6.74. The topological polar surface area (TPSA) is 99.3 Å². The first-order valence-electron chi connectivity index (χ1n) is 9.48. The lowest BCUT2D eigenvalue weighted by atomic mass is 10.1. The highest BCUT2D eigenvalue weighted by molar-refractivity contribution is 9.10. The Morgan fingerprint density at radius 1 is 0.781 bits per heavy atom. The zero-order valence-electron chi connectivity index (χ0n) is 16.9. The van der Waals surface area contributed by atoms with Crippen LogP contribution in [0.5, 0.6) is 0 Å². The highest BCUT2D eigenvalue weighted by Crippen LogP contribution is 2.15. The summed E-state index contributed by atoms with van der Waals surface area (Å²) < 4.78 is 0.624. The van der Waals surface area contributed by atoms with Gasteiger partial charge >= 0.3 is 0 Å². The molecule has 0 aliphatic carbocycles. The Balaban J connectivity index is 1.51. The van der Waals surface area contributed by atoms with Gasteiger partial charge in [-0.25, -0.2) is 0 Å². The van der Waals surface area contributed by atoms with Crippen LogP contribution < -0.4 is 21.5 Å². The number of carbonyl (C=O) groups excluding carboxylic acids is 3. The summed E-state index contributed by atoms with van der Waals surface area (Å²) >= 11 is 8.34. The Morgan fingerprint density at radius 3 is 2.19 bits per heavy atom. The molecule has 3 aromatic rings. The Kier molecular flexibility index (Phi) is 7.69. The van der Waals surface area contributed by atoms with Crippen LogP contribution in [0.15, 0.2) is 77.3 Å². The summed E-state index contributed by atoms with van der Waals surface area (Å²) in [5, 5.41) is 5.21. The molecular weight excluding hydrogens is 492 g/mol. The van der Waals surface area contributed by atoms with Gasteiger partial charge in [0.05, 0.1) is 5.56 Å². The van der Waals surface area contributed by atoms with Crippen molar-refractivity contribution in [2.75, 3.05) is 5.32 Å². The number of amides is 3. The molecule has 162 valence electrons. The van der Waals surface area contributed by atoms with Crippen LogP contribution in [0.2, 0.25) is 0 Å². The van der Waals surface area contributed by atoms with Crippen LogP contribution in [0.1, 0.15) is 36.6 Å². The van der Waals surface area contributed by atoms with Crippen molar-refractivity contribution in [3.05, 3.63) is 99.5 Å². The number of anilines is 1. The lowest BCUT2D eigenvalue weighted by Crippen LogP contribution is -2.48. The predicted molar refractivity (Wildman–Crippen MR) is 130 cm³/mol. The number of carbonyl (C=O) groups is 3. The number of nitrogens with one attached hydrogen (secondary N) is 4. The van der Waals surface area contributed by atoms with E-state index in [-0.39, 0.29) is 11.0 Å². The summed E-state index contributed by atoms with van der Waals surface area (Å²) in [5.74, 6) is -1.12. The number of benzene rings is 3. The molecule has 0 saturated heterocycles. The second kappa shape index (κ2) is 10.7. The molecule has 0 fully saturated rings. The molecular formula is C23H19BrN4O3S. The number of halogens is 1. The molecule has 0 bridgehead atoms. The standard InChI is InChI=1S/C23H19BrN4O3S/c1-14-5-4-6-16(13-14)20(29)25-17-11-9-15(10-12-17)21(30)27-28-23(32)26-22(31)18-7-2-3-8-19(18)24/h2-13H,1H3,(H,25,29)(H,27,30)(H2,26,28,31,32). The highest BCUT2D eigenvalue weighted by atomic mass is 79.9. The highest BCUT2D eigenvalue weighted by Gasteiger charge is 2.12. The third-order valence-electron chi connectivity index (χ3n) is 4.32. The molecule has 0 saturated carbocycles. The Bertz CT molecular complexity index is 1180. The normalized spacial score (nSPS) is 10.1. The Hall–Kier alpha value is -3.56. The first-order valence-corrected chi connectivity index (χ1v) is 10.7. The van der Waals surface area contributed by atoms with Gasteiger partial charge in [0.15, 0.2) is 5.11 Å². The zero-order chi connectivity index (χ0) is 23.1. The van der Waals surface area contributed by atoms with Crippen molar-refractivity contribution in [2.24, 2.45) is 0 Å². The number of thiocarbonyl (C=S) groups is 1. The first kappa shape index (κ1) is 23.1. The molecule has 0 atom stereocenters. The minimum atomic E-state index is -0.459. The Morgan fingerprint density at radius 2 is 1.50 bits per heavy atom. The summed E-state index contributed by atoms with van der Waals surface area (Å²) in [6, 6.07) is 20.5. The monoisotopic (exact) mass is 510 g/mol. The van der Waals surface area contributed by atoms with Gasteiger partial charge in [0.25, 0.3) is 17.7 Å². The van der Waals surface area contributed by atoms with Crippen LogP contribution in [0, 0.1) is 6.92 Å². The lowest BCUT2D eigenvalue weighted by Gasteiger charge is -2.12. The molecule has 0 aliphatic heterocycles. The van der Waals surface area contributed by atoms with Crippen molar-refractivity contribution in [3.8, 4) is 0 Å². The van der Waals surface area contributed by atoms with Crippen LogP contribution in [-0.2, 0) is 0 Å². The van der Waals surface area contributed by atoms with Crippen molar-refractivity contribution in [3.63, 3.8) is 0 Å². The van der Waals surface area contributed by atoms with E-state index in [0.29, 0.717) is 26.9 Å². The predicted octanol–water partition coefficient (Wildman–Crippen LogP) is 3.96. The third-order valence-corrected chi connectivity index (χ3v) is 5.22. The van der Waals surface area contributed by atoms with Crippen LogP contribution in [0.25, 0.3) is 0 Å². The fourth-order valence-electron chi connectivity index (χ4n) is 2.73. The number of hydrogen-bond donors (Lipinski definition) is 4. The van der Waals surface area contributed by atoms with Crippen molar-refractivity contribution < 1.29 is 14.4 Å². The summed E-state index contributed by atoms with van der Waals surface area (Å²) in [7, 11) is 0. The van der Waals surface area contributed by atoms with Crippen LogP contribution in [0.3, 0.4) is 0 Å². The van der Waals surface area contributed by atoms with Gasteiger partial charge in [-0.05, 0) is 83.6 Å². The minimum absolute atomic E-state index is 0.0545. The average molecular weight is 511 g/mol. The van der Waals surface area contributed by atoms with Gasteiger partial charge < -0.3 is 5.32 Å². The minimum Gasteiger partial charge on any atom is -0.322 e. The van der Waals surface area contributed by atoms with E-state index in [0.717, 1.165) is 5.56 Å². The van der Waals surface area contributed by atoms with E-state index in [9.17, 15) is 14.4 Å². The van der Waals surface area contributed by atoms with E-state index in [1.54, 1.807) is 60.7 Å². The van der Waals surface area contributed by atoms with E-state index in [1.807, 2.05) is 19.1 Å². The maximum atomic E-state index is 12.3. The summed E-state index contributed by atoms with van der Waals surface area (Å²) in [4.78, 5) is 36.9. The first-order chi connectivity index (χ1) is 15.3. The van der Waals surface area contributed by atoms with Gasteiger partial charge in [-0.15, -0.1) is 0 Å². The van der Waals surface area contributed by atoms with E-state index in [2.05, 4.69) is 37.4 Å². The quantitative estimate of drug-likeness (QED) is 0.314. The van der Waals surface area contributed by atoms with Gasteiger partial charge in [0.1, 0.15) is 0 Å². The van der Waals surface area contributed by atoms with E-state index < -0.39 is 11.8 Å². The van der Waals surface area contributed by atoms with E-state index in [1.165, 1.54) is 0 Å². The third kappa shape index (κ3) is 6.22. The number of rotatable bonds is 4. The molecule has 3 amide bonds. The molecule has 0 spiro atoms. The molecule has 7 nitrogen and oxygen atoms in total. The maximum Gasteiger partial charge on any atom is 0.269 e.